The molecule has 134 valence electrons. The van der Waals surface area contributed by atoms with E-state index in [4.69, 9.17) is 9.47 Å². The van der Waals surface area contributed by atoms with Crippen LogP contribution in [0.5, 0.6) is 17.2 Å². The predicted molar refractivity (Wildman–Crippen MR) is 92.5 cm³/mol. The van der Waals surface area contributed by atoms with E-state index in [2.05, 4.69) is 0 Å². The van der Waals surface area contributed by atoms with E-state index in [1.54, 1.807) is 46.2 Å². The Morgan fingerprint density at radius 2 is 1.50 bits per heavy atom. The van der Waals surface area contributed by atoms with Crippen molar-refractivity contribution in [3.05, 3.63) is 53.6 Å². The number of hydrogen-bond donors (Lipinski definition) is 1. The smallest absolute Gasteiger partial charge is 0.257 e. The van der Waals surface area contributed by atoms with Crippen LogP contribution in [0.4, 0.5) is 0 Å². The largest absolute Gasteiger partial charge is 0.507 e. The van der Waals surface area contributed by atoms with Crippen LogP contribution in [0, 0.1) is 0 Å². The van der Waals surface area contributed by atoms with Crippen LogP contribution in [0.2, 0.25) is 0 Å². The summed E-state index contributed by atoms with van der Waals surface area (Å²) < 4.78 is 10.6. The molecule has 0 radical (unpaired) electrons. The fourth-order valence-electron chi connectivity index (χ4n) is 3.15. The van der Waals surface area contributed by atoms with Crippen LogP contribution in [0.3, 0.4) is 0 Å². The van der Waals surface area contributed by atoms with Gasteiger partial charge in [0.25, 0.3) is 11.8 Å². The number of rotatable bonds is 2. The maximum absolute atomic E-state index is 12.7. The third-order valence-electron chi connectivity index (χ3n) is 4.61. The van der Waals surface area contributed by atoms with Crippen molar-refractivity contribution in [3.63, 3.8) is 0 Å². The lowest BCUT2D eigenvalue weighted by Gasteiger charge is -2.35. The minimum Gasteiger partial charge on any atom is -0.507 e. The summed E-state index contributed by atoms with van der Waals surface area (Å²) in [5.74, 6) is 0.858. The molecule has 1 fully saturated rings. The van der Waals surface area contributed by atoms with E-state index in [-0.39, 0.29) is 29.9 Å². The van der Waals surface area contributed by atoms with E-state index in [0.29, 0.717) is 43.2 Å². The summed E-state index contributed by atoms with van der Waals surface area (Å²) in [7, 11) is 0. The van der Waals surface area contributed by atoms with Crippen molar-refractivity contribution < 1.29 is 24.2 Å². The molecule has 0 atom stereocenters. The number of carbonyl (C=O) groups is 2. The third-order valence-corrected chi connectivity index (χ3v) is 4.61. The molecule has 0 aliphatic carbocycles. The van der Waals surface area contributed by atoms with Gasteiger partial charge in [-0.2, -0.15) is 0 Å². The van der Waals surface area contributed by atoms with Crippen LogP contribution < -0.4 is 9.47 Å². The molecule has 2 aromatic carbocycles. The molecule has 1 saturated heterocycles. The Labute approximate surface area is 150 Å². The Bertz CT molecular complexity index is 859. The number of nitrogens with zero attached hydrogens (tertiary/aromatic N) is 2. The number of hydrogen-bond acceptors (Lipinski definition) is 5. The zero-order valence-corrected chi connectivity index (χ0v) is 14.1. The quantitative estimate of drug-likeness (QED) is 0.888. The van der Waals surface area contributed by atoms with Crippen molar-refractivity contribution in [1.82, 2.24) is 9.80 Å². The molecule has 4 rings (SSSR count). The first-order valence-electron chi connectivity index (χ1n) is 8.39. The predicted octanol–water partition coefficient (Wildman–Crippen LogP) is 1.72. The Morgan fingerprint density at radius 1 is 0.846 bits per heavy atom. The van der Waals surface area contributed by atoms with E-state index in [0.717, 1.165) is 0 Å². The van der Waals surface area contributed by atoms with Crippen molar-refractivity contribution in [2.24, 2.45) is 0 Å². The van der Waals surface area contributed by atoms with Crippen molar-refractivity contribution in [3.8, 4) is 17.2 Å². The van der Waals surface area contributed by atoms with Gasteiger partial charge in [0.1, 0.15) is 5.75 Å². The monoisotopic (exact) mass is 354 g/mol. The Balaban J connectivity index is 1.41. The van der Waals surface area contributed by atoms with Crippen LogP contribution in [-0.2, 0) is 0 Å². The molecule has 7 heteroatoms. The second kappa shape index (κ2) is 6.59. The lowest BCUT2D eigenvalue weighted by molar-refractivity contribution is 0.0533. The Morgan fingerprint density at radius 3 is 2.23 bits per heavy atom. The highest BCUT2D eigenvalue weighted by Crippen LogP contribution is 2.33. The molecule has 2 amide bonds. The van der Waals surface area contributed by atoms with E-state index in [1.807, 2.05) is 0 Å². The highest BCUT2D eigenvalue weighted by atomic mass is 16.7. The summed E-state index contributed by atoms with van der Waals surface area (Å²) in [6.07, 6.45) is 0. The molecule has 26 heavy (non-hydrogen) atoms. The van der Waals surface area contributed by atoms with Gasteiger partial charge in [0, 0.05) is 31.7 Å². The normalized spacial score (nSPS) is 15.8. The topological polar surface area (TPSA) is 79.3 Å². The lowest BCUT2D eigenvalue weighted by atomic mass is 10.1. The summed E-state index contributed by atoms with van der Waals surface area (Å²) in [6.45, 7) is 1.88. The molecule has 2 aromatic rings. The molecule has 0 unspecified atom stereocenters. The van der Waals surface area contributed by atoms with Crippen LogP contribution in [0.15, 0.2) is 42.5 Å². The number of ether oxygens (including phenoxy) is 2. The summed E-state index contributed by atoms with van der Waals surface area (Å²) in [4.78, 5) is 28.6. The molecular formula is C19H18N2O5. The second-order valence-corrected chi connectivity index (χ2v) is 6.17. The lowest BCUT2D eigenvalue weighted by Crippen LogP contribution is -2.50. The Kier molecular flexibility index (Phi) is 4.12. The van der Waals surface area contributed by atoms with Gasteiger partial charge < -0.3 is 24.4 Å². The molecule has 0 saturated carbocycles. The molecule has 0 bridgehead atoms. The number of piperazine rings is 1. The third kappa shape index (κ3) is 2.92. The van der Waals surface area contributed by atoms with Crippen molar-refractivity contribution in [2.45, 2.75) is 0 Å². The first kappa shape index (κ1) is 16.3. The van der Waals surface area contributed by atoms with Gasteiger partial charge in [0.2, 0.25) is 6.79 Å². The number of amides is 2. The van der Waals surface area contributed by atoms with Crippen LogP contribution in [-0.4, -0.2) is 59.7 Å². The first-order valence-corrected chi connectivity index (χ1v) is 8.39. The number of phenols is 1. The van der Waals surface area contributed by atoms with Crippen LogP contribution in [0.1, 0.15) is 20.7 Å². The maximum Gasteiger partial charge on any atom is 0.257 e. The molecule has 0 aromatic heterocycles. The number of phenolic OH excluding ortho intramolecular Hbond substituents is 1. The summed E-state index contributed by atoms with van der Waals surface area (Å²) in [5, 5.41) is 9.84. The fourth-order valence-corrected chi connectivity index (χ4v) is 3.15. The van der Waals surface area contributed by atoms with Gasteiger partial charge in [-0.15, -0.1) is 0 Å². The Hall–Kier alpha value is -3.22. The zero-order chi connectivity index (χ0) is 18.1. The average Bonchev–Trinajstić information content (AvgIpc) is 3.15. The van der Waals surface area contributed by atoms with Crippen LogP contribution >= 0.6 is 0 Å². The van der Waals surface area contributed by atoms with Gasteiger partial charge in [0.05, 0.1) is 5.56 Å². The van der Waals surface area contributed by atoms with E-state index in [9.17, 15) is 14.7 Å². The van der Waals surface area contributed by atoms with Gasteiger partial charge in [-0.1, -0.05) is 12.1 Å². The molecule has 1 N–H and O–H groups in total. The van der Waals surface area contributed by atoms with Crippen molar-refractivity contribution in [2.75, 3.05) is 33.0 Å². The summed E-state index contributed by atoms with van der Waals surface area (Å²) >= 11 is 0. The standard InChI is InChI=1S/C19H18N2O5/c22-15-4-2-1-3-14(15)19(24)21-9-7-20(8-10-21)18(23)13-5-6-16-17(11-13)26-12-25-16/h1-6,11,22H,7-10,12H2. The van der Waals surface area contributed by atoms with Gasteiger partial charge in [-0.05, 0) is 30.3 Å². The maximum atomic E-state index is 12.7. The van der Waals surface area contributed by atoms with Crippen molar-refractivity contribution >= 4 is 11.8 Å². The van der Waals surface area contributed by atoms with Gasteiger partial charge in [-0.3, -0.25) is 9.59 Å². The van der Waals surface area contributed by atoms with E-state index < -0.39 is 0 Å². The minimum absolute atomic E-state index is 0.0311. The summed E-state index contributed by atoms with van der Waals surface area (Å²) in [6, 6.07) is 11.6. The number of para-hydroxylation sites is 1. The van der Waals surface area contributed by atoms with Gasteiger partial charge in [0.15, 0.2) is 11.5 Å². The van der Waals surface area contributed by atoms with Gasteiger partial charge >= 0.3 is 0 Å². The number of aromatic hydroxyl groups is 1. The molecule has 2 aliphatic heterocycles. The molecule has 2 heterocycles. The highest BCUT2D eigenvalue weighted by Gasteiger charge is 2.27. The molecular weight excluding hydrogens is 336 g/mol. The number of benzene rings is 2. The number of fused-ring (bicyclic) bond motifs is 1. The minimum atomic E-state index is -0.224. The van der Waals surface area contributed by atoms with E-state index >= 15 is 0 Å². The molecule has 0 spiro atoms. The highest BCUT2D eigenvalue weighted by molar-refractivity contribution is 5.97. The number of carbonyl (C=O) groups excluding carboxylic acids is 2. The van der Waals surface area contributed by atoms with E-state index in [1.165, 1.54) is 6.07 Å². The molecule has 2 aliphatic rings. The molecule has 7 nitrogen and oxygen atoms in total. The second-order valence-electron chi connectivity index (χ2n) is 6.17. The average molecular weight is 354 g/mol. The first-order chi connectivity index (χ1) is 12.6. The SMILES string of the molecule is O=C(c1ccc2c(c1)OCO2)N1CCN(C(=O)c2ccccc2O)CC1. The zero-order valence-electron chi connectivity index (χ0n) is 14.1. The summed E-state index contributed by atoms with van der Waals surface area (Å²) in [5.41, 5.74) is 0.817. The van der Waals surface area contributed by atoms with Gasteiger partial charge in [-0.25, -0.2) is 0 Å². The van der Waals surface area contributed by atoms with Crippen molar-refractivity contribution in [1.29, 1.82) is 0 Å². The van der Waals surface area contributed by atoms with Crippen LogP contribution in [0.25, 0.3) is 0 Å². The fraction of sp³-hybridized carbons (Fsp3) is 0.263.